The topological polar surface area (TPSA) is 204 Å². The fraction of sp³-hybridized carbons (Fsp3) is 0.419. The molecule has 0 aliphatic carbocycles. The summed E-state index contributed by atoms with van der Waals surface area (Å²) in [4.78, 5) is 0. The van der Waals surface area contributed by atoms with Crippen LogP contribution in [-0.4, -0.2) is 135 Å². The first-order valence-corrected chi connectivity index (χ1v) is 15.0. The Morgan fingerprint density at radius 3 is 1.37 bits per heavy atom. The maximum Gasteiger partial charge on any atom is 0.463 e. The number of nitrogens with zero attached hydrogens (tertiary/aromatic N) is 1. The van der Waals surface area contributed by atoms with Crippen molar-refractivity contribution in [2.75, 3.05) is 52.9 Å². The maximum atomic E-state index is 10.4. The Labute approximate surface area is 265 Å². The minimum Gasteiger partial charge on any atom is -0.398 e. The molecule has 0 spiro atoms. The van der Waals surface area contributed by atoms with Gasteiger partial charge in [0, 0.05) is 16.5 Å². The quantitative estimate of drug-likeness (QED) is 0.0874. The van der Waals surface area contributed by atoms with Gasteiger partial charge in [0.2, 0.25) is 0 Å². The average molecular weight is 637 g/mol. The zero-order valence-electron chi connectivity index (χ0n) is 25.0. The zero-order chi connectivity index (χ0) is 32.7. The summed E-state index contributed by atoms with van der Waals surface area (Å²) >= 11 is 0. The van der Waals surface area contributed by atoms with Gasteiger partial charge in [-0.25, -0.2) is 0 Å². The van der Waals surface area contributed by atoms with Crippen LogP contribution in [0.4, 0.5) is 0 Å². The third-order valence-electron chi connectivity index (χ3n) is 9.75. The van der Waals surface area contributed by atoms with Gasteiger partial charge in [-0.3, -0.25) is 0 Å². The molecule has 2 aliphatic heterocycles. The molecule has 4 aromatic rings. The first-order chi connectivity index (χ1) is 22.3. The standard InChI is InChI=1S/C31H37B2NO12/c35-13-28(14-36)29(15-37,16-38)44-32(43-28)27(33-45-30(17-39,18-40)31(19-41,20-42)46-33)21-10-11-26-24(12-21)23-8-4-5-9-25(23)34(26)22-6-2-1-3-7-22/h1-12,27,35-42H,13-20H2. The van der Waals surface area contributed by atoms with Crippen LogP contribution in [0.25, 0.3) is 27.5 Å². The molecule has 0 radical (unpaired) electrons. The summed E-state index contributed by atoms with van der Waals surface area (Å²) < 4.78 is 26.7. The molecule has 0 unspecified atom stereocenters. The SMILES string of the molecule is OCC1(CO)OB(C(B2OC(CO)(CO)C(CO)(CO)O2)c2ccc3c(c2)c2ccccc2n3-c2ccccc2)OC1(CO)CO. The number of rotatable bonds is 12. The number of benzene rings is 3. The van der Waals surface area contributed by atoms with E-state index in [9.17, 15) is 40.9 Å². The van der Waals surface area contributed by atoms with Crippen molar-refractivity contribution in [2.45, 2.75) is 28.1 Å². The monoisotopic (exact) mass is 637 g/mol. The predicted octanol–water partition coefficient (Wildman–Crippen LogP) is -1.09. The molecule has 1 aromatic heterocycles. The van der Waals surface area contributed by atoms with Crippen LogP contribution in [-0.2, 0) is 18.6 Å². The molecule has 0 saturated carbocycles. The Morgan fingerprint density at radius 1 is 0.500 bits per heavy atom. The summed E-state index contributed by atoms with van der Waals surface area (Å²) in [7, 11) is -2.93. The second-order valence-electron chi connectivity index (χ2n) is 11.9. The molecule has 2 fully saturated rings. The van der Waals surface area contributed by atoms with Crippen LogP contribution in [0.3, 0.4) is 0 Å². The van der Waals surface area contributed by atoms with Gasteiger partial charge in [-0.15, -0.1) is 0 Å². The molecule has 3 aromatic carbocycles. The molecule has 15 heteroatoms. The van der Waals surface area contributed by atoms with Gasteiger partial charge in [-0.05, 0) is 35.9 Å². The molecule has 13 nitrogen and oxygen atoms in total. The van der Waals surface area contributed by atoms with Crippen LogP contribution in [0.15, 0.2) is 72.8 Å². The van der Waals surface area contributed by atoms with Crippen LogP contribution in [0.2, 0.25) is 0 Å². The molecule has 244 valence electrons. The summed E-state index contributed by atoms with van der Waals surface area (Å²) in [5.41, 5.74) is -5.79. The van der Waals surface area contributed by atoms with E-state index in [-0.39, 0.29) is 0 Å². The minimum atomic E-state index is -1.96. The summed E-state index contributed by atoms with van der Waals surface area (Å²) in [5.74, 6) is 0. The van der Waals surface area contributed by atoms with Gasteiger partial charge in [0.1, 0.15) is 22.4 Å². The lowest BCUT2D eigenvalue weighted by Gasteiger charge is -2.39. The summed E-state index contributed by atoms with van der Waals surface area (Å²) in [6.07, 6.45) is 0. The highest BCUT2D eigenvalue weighted by atomic mass is 16.7. The van der Waals surface area contributed by atoms with Crippen LogP contribution in [0.5, 0.6) is 0 Å². The van der Waals surface area contributed by atoms with Crippen molar-refractivity contribution in [3.8, 4) is 5.69 Å². The normalized spacial score (nSPS) is 20.0. The molecule has 6 rings (SSSR count). The third-order valence-corrected chi connectivity index (χ3v) is 9.75. The fourth-order valence-corrected chi connectivity index (χ4v) is 6.81. The molecule has 0 bridgehead atoms. The van der Waals surface area contributed by atoms with Gasteiger partial charge >= 0.3 is 14.2 Å². The van der Waals surface area contributed by atoms with E-state index in [1.54, 1.807) is 6.07 Å². The Morgan fingerprint density at radius 2 is 0.913 bits per heavy atom. The number of aromatic nitrogens is 1. The van der Waals surface area contributed by atoms with Crippen LogP contribution >= 0.6 is 0 Å². The second-order valence-corrected chi connectivity index (χ2v) is 11.9. The molecular weight excluding hydrogens is 600 g/mol. The van der Waals surface area contributed by atoms with E-state index < -0.39 is 95.2 Å². The molecule has 8 N–H and O–H groups in total. The van der Waals surface area contributed by atoms with Crippen molar-refractivity contribution in [2.24, 2.45) is 0 Å². The minimum absolute atomic E-state index is 0.478. The van der Waals surface area contributed by atoms with Gasteiger partial charge in [0.15, 0.2) is 0 Å². The predicted molar refractivity (Wildman–Crippen MR) is 167 cm³/mol. The van der Waals surface area contributed by atoms with Crippen molar-refractivity contribution in [1.82, 2.24) is 4.57 Å². The maximum absolute atomic E-state index is 10.4. The van der Waals surface area contributed by atoms with Gasteiger partial charge in [0.25, 0.3) is 0 Å². The molecule has 46 heavy (non-hydrogen) atoms. The Balaban J connectivity index is 1.56. The molecule has 2 saturated heterocycles. The first-order valence-electron chi connectivity index (χ1n) is 15.0. The molecular formula is C31H37B2NO12. The Bertz CT molecular complexity index is 1570. The van der Waals surface area contributed by atoms with Crippen LogP contribution in [0, 0.1) is 0 Å². The highest BCUT2D eigenvalue weighted by molar-refractivity contribution is 6.68. The van der Waals surface area contributed by atoms with Crippen molar-refractivity contribution < 1.29 is 59.5 Å². The van der Waals surface area contributed by atoms with Gasteiger partial charge in [0.05, 0.1) is 69.6 Å². The van der Waals surface area contributed by atoms with E-state index in [0.717, 1.165) is 27.5 Å². The molecule has 0 amide bonds. The van der Waals surface area contributed by atoms with Crippen LogP contribution < -0.4 is 0 Å². The van der Waals surface area contributed by atoms with Crippen molar-refractivity contribution in [3.05, 3.63) is 78.4 Å². The lowest BCUT2D eigenvalue weighted by Crippen LogP contribution is -2.61. The van der Waals surface area contributed by atoms with Crippen molar-refractivity contribution in [3.63, 3.8) is 0 Å². The van der Waals surface area contributed by atoms with Crippen molar-refractivity contribution >= 4 is 36.0 Å². The number of para-hydroxylation sites is 2. The largest absolute Gasteiger partial charge is 0.463 e. The smallest absolute Gasteiger partial charge is 0.398 e. The van der Waals surface area contributed by atoms with E-state index in [2.05, 4.69) is 4.57 Å². The van der Waals surface area contributed by atoms with E-state index in [0.29, 0.717) is 5.56 Å². The van der Waals surface area contributed by atoms with Crippen LogP contribution in [0.1, 0.15) is 11.3 Å². The summed E-state index contributed by atoms with van der Waals surface area (Å²) in [5, 5.41) is 84.6. The van der Waals surface area contributed by atoms with E-state index >= 15 is 0 Å². The fourth-order valence-electron chi connectivity index (χ4n) is 6.81. The molecule has 3 heterocycles. The number of aliphatic hydroxyl groups is 8. The van der Waals surface area contributed by atoms with E-state index in [4.69, 9.17) is 18.6 Å². The highest BCUT2D eigenvalue weighted by Crippen LogP contribution is 2.47. The zero-order valence-corrected chi connectivity index (χ0v) is 25.0. The number of fused-ring (bicyclic) bond motifs is 3. The molecule has 0 atom stereocenters. The Kier molecular flexibility index (Phi) is 9.06. The summed E-state index contributed by atoms with van der Waals surface area (Å²) in [6, 6.07) is 23.1. The molecule has 2 aliphatic rings. The van der Waals surface area contributed by atoms with Crippen molar-refractivity contribution in [1.29, 1.82) is 0 Å². The average Bonchev–Trinajstić information content (AvgIpc) is 3.75. The lowest BCUT2D eigenvalue weighted by atomic mass is 9.49. The van der Waals surface area contributed by atoms with Gasteiger partial charge in [-0.1, -0.05) is 42.5 Å². The number of hydrogen-bond donors (Lipinski definition) is 8. The lowest BCUT2D eigenvalue weighted by molar-refractivity contribution is -0.147. The highest BCUT2D eigenvalue weighted by Gasteiger charge is 2.69. The first kappa shape index (κ1) is 33.0. The van der Waals surface area contributed by atoms with E-state index in [1.165, 1.54) is 0 Å². The second kappa shape index (κ2) is 12.6. The van der Waals surface area contributed by atoms with Gasteiger partial charge in [-0.2, -0.15) is 0 Å². The summed E-state index contributed by atoms with van der Waals surface area (Å²) in [6.45, 7) is -6.68. The van der Waals surface area contributed by atoms with E-state index in [1.807, 2.05) is 66.7 Å². The Hall–Kier alpha value is -2.89. The van der Waals surface area contributed by atoms with Gasteiger partial charge < -0.3 is 64.0 Å². The number of hydrogen-bond acceptors (Lipinski definition) is 12. The number of aliphatic hydroxyl groups excluding tert-OH is 8. The third kappa shape index (κ3) is 4.66.